The van der Waals surface area contributed by atoms with Crippen LogP contribution in [0.3, 0.4) is 0 Å². The SMILES string of the molecule is CC(C)CN(CC(=O)N(Cc1ccco1)C[C@@H]1CCCO1)C(=O)c1ccc2c(c1)OCO2. The van der Waals surface area contributed by atoms with Gasteiger partial charge in [0.15, 0.2) is 11.5 Å². The maximum Gasteiger partial charge on any atom is 0.254 e. The Hall–Kier alpha value is -3.00. The lowest BCUT2D eigenvalue weighted by atomic mass is 10.1. The quantitative estimate of drug-likeness (QED) is 0.593. The van der Waals surface area contributed by atoms with Crippen molar-refractivity contribution >= 4 is 11.8 Å². The summed E-state index contributed by atoms with van der Waals surface area (Å²) in [5.74, 6) is 1.73. The number of fused-ring (bicyclic) bond motifs is 1. The molecule has 3 heterocycles. The minimum absolute atomic E-state index is 0.0111. The molecule has 1 fully saturated rings. The average molecular weight is 443 g/mol. The zero-order valence-corrected chi connectivity index (χ0v) is 18.6. The number of rotatable bonds is 9. The van der Waals surface area contributed by atoms with Crippen LogP contribution in [-0.4, -0.2) is 60.8 Å². The molecule has 0 N–H and O–H groups in total. The first kappa shape index (κ1) is 22.2. The van der Waals surface area contributed by atoms with Crippen molar-refractivity contribution in [2.24, 2.45) is 5.92 Å². The molecule has 2 amide bonds. The Bertz CT molecular complexity index is 921. The molecule has 172 valence electrons. The maximum absolute atomic E-state index is 13.4. The van der Waals surface area contributed by atoms with Gasteiger partial charge in [-0.3, -0.25) is 9.59 Å². The first-order chi connectivity index (χ1) is 15.5. The van der Waals surface area contributed by atoms with Crippen LogP contribution in [0.2, 0.25) is 0 Å². The highest BCUT2D eigenvalue weighted by molar-refractivity contribution is 5.97. The predicted octanol–water partition coefficient (Wildman–Crippen LogP) is 3.31. The molecule has 2 aliphatic heterocycles. The van der Waals surface area contributed by atoms with Gasteiger partial charge in [-0.1, -0.05) is 13.8 Å². The molecule has 0 saturated carbocycles. The van der Waals surface area contributed by atoms with Gasteiger partial charge in [0.25, 0.3) is 5.91 Å². The van der Waals surface area contributed by atoms with Crippen LogP contribution in [0.25, 0.3) is 0 Å². The monoisotopic (exact) mass is 442 g/mol. The normalized spacial score (nSPS) is 17.0. The fraction of sp³-hybridized carbons (Fsp3) is 0.500. The van der Waals surface area contributed by atoms with Crippen LogP contribution in [0.5, 0.6) is 11.5 Å². The average Bonchev–Trinajstić information content (AvgIpc) is 3.54. The molecule has 8 heteroatoms. The maximum atomic E-state index is 13.4. The number of ether oxygens (including phenoxy) is 3. The van der Waals surface area contributed by atoms with Crippen molar-refractivity contribution < 1.29 is 28.2 Å². The standard InChI is InChI=1S/C24H30N2O6/c1-17(2)12-26(24(28)18-7-8-21-22(11-18)32-16-31-21)15-23(27)25(13-19-5-3-9-29-19)14-20-6-4-10-30-20/h3,5,7-9,11,17,20H,4,6,10,12-16H2,1-2H3/t20-/m0/s1. The minimum atomic E-state index is -0.208. The Morgan fingerprint density at radius 1 is 1.12 bits per heavy atom. The molecule has 1 aromatic carbocycles. The summed E-state index contributed by atoms with van der Waals surface area (Å²) < 4.78 is 22.0. The van der Waals surface area contributed by atoms with Crippen molar-refractivity contribution in [3.05, 3.63) is 47.9 Å². The van der Waals surface area contributed by atoms with Gasteiger partial charge < -0.3 is 28.4 Å². The van der Waals surface area contributed by atoms with Gasteiger partial charge in [-0.25, -0.2) is 0 Å². The molecular formula is C24H30N2O6. The van der Waals surface area contributed by atoms with Crippen LogP contribution < -0.4 is 9.47 Å². The summed E-state index contributed by atoms with van der Waals surface area (Å²) in [6, 6.07) is 8.76. The third kappa shape index (κ3) is 5.43. The number of carbonyl (C=O) groups excluding carboxylic acids is 2. The van der Waals surface area contributed by atoms with Gasteiger partial charge in [0.1, 0.15) is 12.3 Å². The molecule has 1 aromatic heterocycles. The number of nitrogens with zero attached hydrogens (tertiary/aromatic N) is 2. The van der Waals surface area contributed by atoms with E-state index in [1.807, 2.05) is 19.9 Å². The molecule has 1 atom stereocenters. The van der Waals surface area contributed by atoms with E-state index in [4.69, 9.17) is 18.6 Å². The van der Waals surface area contributed by atoms with E-state index in [0.717, 1.165) is 19.4 Å². The molecule has 0 unspecified atom stereocenters. The van der Waals surface area contributed by atoms with Crippen molar-refractivity contribution in [1.82, 2.24) is 9.80 Å². The first-order valence-electron chi connectivity index (χ1n) is 11.1. The van der Waals surface area contributed by atoms with Gasteiger partial charge in [-0.05, 0) is 49.1 Å². The van der Waals surface area contributed by atoms with E-state index in [-0.39, 0.29) is 37.2 Å². The van der Waals surface area contributed by atoms with Crippen molar-refractivity contribution in [1.29, 1.82) is 0 Å². The van der Waals surface area contributed by atoms with Gasteiger partial charge in [-0.2, -0.15) is 0 Å². The number of furan rings is 1. The van der Waals surface area contributed by atoms with Crippen molar-refractivity contribution in [2.75, 3.05) is 33.0 Å². The van der Waals surface area contributed by atoms with Gasteiger partial charge in [-0.15, -0.1) is 0 Å². The molecule has 0 radical (unpaired) electrons. The van der Waals surface area contributed by atoms with E-state index >= 15 is 0 Å². The smallest absolute Gasteiger partial charge is 0.254 e. The topological polar surface area (TPSA) is 81.5 Å². The molecule has 8 nitrogen and oxygen atoms in total. The molecule has 2 aromatic rings. The number of hydrogen-bond acceptors (Lipinski definition) is 6. The molecule has 4 rings (SSSR count). The number of benzene rings is 1. The van der Waals surface area contributed by atoms with E-state index in [1.165, 1.54) is 0 Å². The predicted molar refractivity (Wildman–Crippen MR) is 116 cm³/mol. The summed E-state index contributed by atoms with van der Waals surface area (Å²) in [5, 5.41) is 0. The number of carbonyl (C=O) groups is 2. The van der Waals surface area contributed by atoms with Crippen LogP contribution in [0, 0.1) is 5.92 Å². The lowest BCUT2D eigenvalue weighted by molar-refractivity contribution is -0.134. The van der Waals surface area contributed by atoms with Crippen molar-refractivity contribution in [3.63, 3.8) is 0 Å². The Labute approximate surface area is 188 Å². The van der Waals surface area contributed by atoms with Crippen LogP contribution in [-0.2, 0) is 16.1 Å². The van der Waals surface area contributed by atoms with E-state index in [9.17, 15) is 9.59 Å². The minimum Gasteiger partial charge on any atom is -0.467 e. The Morgan fingerprint density at radius 3 is 2.69 bits per heavy atom. The molecular weight excluding hydrogens is 412 g/mol. The fourth-order valence-electron chi connectivity index (χ4n) is 4.01. The third-order valence-electron chi connectivity index (χ3n) is 5.55. The lowest BCUT2D eigenvalue weighted by Crippen LogP contribution is -2.46. The third-order valence-corrected chi connectivity index (χ3v) is 5.55. The molecule has 1 saturated heterocycles. The molecule has 32 heavy (non-hydrogen) atoms. The molecule has 0 spiro atoms. The summed E-state index contributed by atoms with van der Waals surface area (Å²) in [6.07, 6.45) is 3.53. The van der Waals surface area contributed by atoms with Gasteiger partial charge in [0.05, 0.1) is 18.9 Å². The van der Waals surface area contributed by atoms with Gasteiger partial charge >= 0.3 is 0 Å². The first-order valence-corrected chi connectivity index (χ1v) is 11.1. The zero-order valence-electron chi connectivity index (χ0n) is 18.6. The van der Waals surface area contributed by atoms with E-state index in [0.29, 0.717) is 42.5 Å². The highest BCUT2D eigenvalue weighted by Gasteiger charge is 2.28. The molecule has 0 bridgehead atoms. The Morgan fingerprint density at radius 2 is 1.97 bits per heavy atom. The lowest BCUT2D eigenvalue weighted by Gasteiger charge is -2.29. The second kappa shape index (κ2) is 10.1. The number of hydrogen-bond donors (Lipinski definition) is 0. The van der Waals surface area contributed by atoms with Crippen molar-refractivity contribution in [2.45, 2.75) is 39.3 Å². The van der Waals surface area contributed by atoms with E-state index in [1.54, 1.807) is 40.3 Å². The zero-order chi connectivity index (χ0) is 22.5. The van der Waals surface area contributed by atoms with Crippen LogP contribution in [0.4, 0.5) is 0 Å². The van der Waals surface area contributed by atoms with Crippen molar-refractivity contribution in [3.8, 4) is 11.5 Å². The number of amides is 2. The Balaban J connectivity index is 1.49. The molecule has 2 aliphatic rings. The summed E-state index contributed by atoms with van der Waals surface area (Å²) in [7, 11) is 0. The summed E-state index contributed by atoms with van der Waals surface area (Å²) >= 11 is 0. The van der Waals surface area contributed by atoms with E-state index in [2.05, 4.69) is 0 Å². The highest BCUT2D eigenvalue weighted by atomic mass is 16.7. The van der Waals surface area contributed by atoms with Crippen LogP contribution >= 0.6 is 0 Å². The van der Waals surface area contributed by atoms with Crippen LogP contribution in [0.15, 0.2) is 41.0 Å². The second-order valence-electron chi connectivity index (χ2n) is 8.64. The second-order valence-corrected chi connectivity index (χ2v) is 8.64. The summed E-state index contributed by atoms with van der Waals surface area (Å²) in [4.78, 5) is 30.0. The summed E-state index contributed by atoms with van der Waals surface area (Å²) in [6.45, 7) is 6.19. The van der Waals surface area contributed by atoms with Gasteiger partial charge in [0.2, 0.25) is 12.7 Å². The highest BCUT2D eigenvalue weighted by Crippen LogP contribution is 2.33. The largest absolute Gasteiger partial charge is 0.467 e. The molecule has 0 aliphatic carbocycles. The van der Waals surface area contributed by atoms with Crippen LogP contribution in [0.1, 0.15) is 42.8 Å². The van der Waals surface area contributed by atoms with E-state index < -0.39 is 0 Å². The summed E-state index contributed by atoms with van der Waals surface area (Å²) in [5.41, 5.74) is 0.472. The van der Waals surface area contributed by atoms with Gasteiger partial charge in [0, 0.05) is 25.3 Å². The fourth-order valence-corrected chi connectivity index (χ4v) is 4.01. The Kier molecular flexibility index (Phi) is 6.99.